The summed E-state index contributed by atoms with van der Waals surface area (Å²) in [5.74, 6) is -0.498. The zero-order valence-corrected chi connectivity index (χ0v) is 13.8. The number of hydrogen-bond donors (Lipinski definition) is 1. The highest BCUT2D eigenvalue weighted by Gasteiger charge is 2.21. The molecule has 1 amide bonds. The van der Waals surface area contributed by atoms with E-state index in [1.807, 2.05) is 12.1 Å². The Morgan fingerprint density at radius 3 is 2.40 bits per heavy atom. The number of carbonyl (C=O) groups is 2. The molecule has 0 aliphatic heterocycles. The zero-order chi connectivity index (χ0) is 18.1. The van der Waals surface area contributed by atoms with Gasteiger partial charge in [-0.1, -0.05) is 25.1 Å². The van der Waals surface area contributed by atoms with Crippen molar-refractivity contribution in [2.24, 2.45) is 0 Å². The first-order chi connectivity index (χ1) is 12.1. The molecule has 0 saturated heterocycles. The Labute approximate surface area is 146 Å². The largest absolute Gasteiger partial charge is 0.479 e. The number of hydrogen-bond acceptors (Lipinski definition) is 5. The molecular weight excluding hydrogens is 320 g/mol. The fourth-order valence-corrected chi connectivity index (χ4v) is 2.02. The molecule has 2 rings (SSSR count). The Morgan fingerprint density at radius 1 is 1.12 bits per heavy atom. The molecule has 6 heteroatoms. The minimum atomic E-state index is -0.773. The molecule has 0 bridgehead atoms. The normalized spacial score (nSPS) is 11.0. The van der Waals surface area contributed by atoms with E-state index in [4.69, 9.17) is 14.7 Å². The third kappa shape index (κ3) is 5.66. The predicted octanol–water partition coefficient (Wildman–Crippen LogP) is 2.90. The standard InChI is InChI=1S/C19H18N2O4/c1-2-17(25-16-6-4-3-5-7-16)19(23)24-13-18(22)21-15-10-8-14(12-20)9-11-15/h3-11,17H,2,13H2,1H3,(H,21,22)/t17-/m1/s1. The summed E-state index contributed by atoms with van der Waals surface area (Å²) in [7, 11) is 0. The average Bonchev–Trinajstić information content (AvgIpc) is 2.65. The third-order valence-electron chi connectivity index (χ3n) is 3.30. The summed E-state index contributed by atoms with van der Waals surface area (Å²) in [6.07, 6.45) is -0.351. The van der Waals surface area contributed by atoms with Crippen LogP contribution in [0.2, 0.25) is 0 Å². The van der Waals surface area contributed by atoms with Crippen LogP contribution >= 0.6 is 0 Å². The number of para-hydroxylation sites is 1. The second-order valence-electron chi connectivity index (χ2n) is 5.17. The van der Waals surface area contributed by atoms with E-state index >= 15 is 0 Å². The molecule has 0 aliphatic carbocycles. The number of benzene rings is 2. The van der Waals surface area contributed by atoms with Crippen LogP contribution < -0.4 is 10.1 Å². The minimum Gasteiger partial charge on any atom is -0.479 e. The van der Waals surface area contributed by atoms with Crippen LogP contribution in [0.5, 0.6) is 5.75 Å². The van der Waals surface area contributed by atoms with Crippen LogP contribution in [0.3, 0.4) is 0 Å². The van der Waals surface area contributed by atoms with E-state index < -0.39 is 24.6 Å². The van der Waals surface area contributed by atoms with Crippen molar-refractivity contribution in [3.63, 3.8) is 0 Å². The Kier molecular flexibility index (Phi) is 6.55. The number of amides is 1. The Bertz CT molecular complexity index is 751. The second-order valence-corrected chi connectivity index (χ2v) is 5.17. The Morgan fingerprint density at radius 2 is 1.80 bits per heavy atom. The van der Waals surface area contributed by atoms with E-state index in [0.29, 0.717) is 23.4 Å². The summed E-state index contributed by atoms with van der Waals surface area (Å²) in [5, 5.41) is 11.3. The van der Waals surface area contributed by atoms with Gasteiger partial charge in [0.15, 0.2) is 12.7 Å². The van der Waals surface area contributed by atoms with Gasteiger partial charge in [0.1, 0.15) is 5.75 Å². The monoisotopic (exact) mass is 338 g/mol. The third-order valence-corrected chi connectivity index (χ3v) is 3.30. The van der Waals surface area contributed by atoms with E-state index in [1.54, 1.807) is 55.5 Å². The van der Waals surface area contributed by atoms with Crippen LogP contribution in [-0.2, 0) is 14.3 Å². The molecule has 0 unspecified atom stereocenters. The summed E-state index contributed by atoms with van der Waals surface area (Å²) in [6, 6.07) is 17.3. The molecule has 0 heterocycles. The molecule has 6 nitrogen and oxygen atoms in total. The van der Waals surface area contributed by atoms with Gasteiger partial charge in [0.05, 0.1) is 11.6 Å². The molecule has 0 spiro atoms. The maximum Gasteiger partial charge on any atom is 0.347 e. The van der Waals surface area contributed by atoms with Gasteiger partial charge in [-0.2, -0.15) is 5.26 Å². The number of nitrogens with one attached hydrogen (secondary N) is 1. The number of nitriles is 1. The van der Waals surface area contributed by atoms with E-state index in [0.717, 1.165) is 0 Å². The lowest BCUT2D eigenvalue weighted by Crippen LogP contribution is -2.31. The highest BCUT2D eigenvalue weighted by Crippen LogP contribution is 2.13. The van der Waals surface area contributed by atoms with E-state index in [1.165, 1.54) is 0 Å². The number of carbonyl (C=O) groups excluding carboxylic acids is 2. The first kappa shape index (κ1) is 18.0. The first-order valence-electron chi connectivity index (χ1n) is 7.80. The molecule has 1 atom stereocenters. The van der Waals surface area contributed by atoms with E-state index in [9.17, 15) is 9.59 Å². The zero-order valence-electron chi connectivity index (χ0n) is 13.8. The smallest absolute Gasteiger partial charge is 0.347 e. The van der Waals surface area contributed by atoms with Crippen LogP contribution in [-0.4, -0.2) is 24.6 Å². The summed E-state index contributed by atoms with van der Waals surface area (Å²) in [5.41, 5.74) is 1.01. The van der Waals surface area contributed by atoms with Gasteiger partial charge >= 0.3 is 5.97 Å². The molecule has 0 fully saturated rings. The molecule has 0 saturated carbocycles. The van der Waals surface area contributed by atoms with E-state index in [2.05, 4.69) is 5.32 Å². The van der Waals surface area contributed by atoms with Crippen molar-refractivity contribution in [1.82, 2.24) is 0 Å². The molecule has 0 radical (unpaired) electrons. The van der Waals surface area contributed by atoms with Gasteiger partial charge in [-0.05, 0) is 42.8 Å². The van der Waals surface area contributed by atoms with Gasteiger partial charge in [-0.15, -0.1) is 0 Å². The summed E-state index contributed by atoms with van der Waals surface area (Å²) in [4.78, 5) is 23.9. The number of anilines is 1. The Hall–Kier alpha value is -3.33. The topological polar surface area (TPSA) is 88.4 Å². The lowest BCUT2D eigenvalue weighted by atomic mass is 10.2. The number of rotatable bonds is 7. The maximum atomic E-state index is 12.1. The molecule has 0 aliphatic rings. The molecule has 1 N–H and O–H groups in total. The maximum absolute atomic E-state index is 12.1. The lowest BCUT2D eigenvalue weighted by molar-refractivity contribution is -0.154. The van der Waals surface area contributed by atoms with Crippen LogP contribution in [0.25, 0.3) is 0 Å². The van der Waals surface area contributed by atoms with Crippen molar-refractivity contribution < 1.29 is 19.1 Å². The predicted molar refractivity (Wildman–Crippen MR) is 91.9 cm³/mol. The highest BCUT2D eigenvalue weighted by atomic mass is 16.6. The van der Waals surface area contributed by atoms with Gasteiger partial charge in [0, 0.05) is 5.69 Å². The lowest BCUT2D eigenvalue weighted by Gasteiger charge is -2.16. The fourth-order valence-electron chi connectivity index (χ4n) is 2.02. The van der Waals surface area contributed by atoms with Crippen LogP contribution in [0.15, 0.2) is 54.6 Å². The van der Waals surface area contributed by atoms with Gasteiger partial charge < -0.3 is 14.8 Å². The molecule has 25 heavy (non-hydrogen) atoms. The second kappa shape index (κ2) is 9.08. The average molecular weight is 338 g/mol. The molecule has 2 aromatic rings. The summed E-state index contributed by atoms with van der Waals surface area (Å²) < 4.78 is 10.6. The number of nitrogens with zero attached hydrogens (tertiary/aromatic N) is 1. The van der Waals surface area contributed by atoms with E-state index in [-0.39, 0.29) is 0 Å². The number of ether oxygens (including phenoxy) is 2. The SMILES string of the molecule is CC[C@@H](Oc1ccccc1)C(=O)OCC(=O)Nc1ccc(C#N)cc1. The van der Waals surface area contributed by atoms with Crippen LogP contribution in [0, 0.1) is 11.3 Å². The van der Waals surface area contributed by atoms with Crippen LogP contribution in [0.4, 0.5) is 5.69 Å². The quantitative estimate of drug-likeness (QED) is 0.784. The van der Waals surface area contributed by atoms with Crippen molar-refractivity contribution in [1.29, 1.82) is 5.26 Å². The fraction of sp³-hybridized carbons (Fsp3) is 0.211. The molecule has 128 valence electrons. The van der Waals surface area contributed by atoms with Gasteiger partial charge in [0.25, 0.3) is 5.91 Å². The summed E-state index contributed by atoms with van der Waals surface area (Å²) >= 11 is 0. The van der Waals surface area contributed by atoms with Crippen molar-refractivity contribution in [2.45, 2.75) is 19.4 Å². The van der Waals surface area contributed by atoms with Crippen molar-refractivity contribution in [3.05, 3.63) is 60.2 Å². The summed E-state index contributed by atoms with van der Waals surface area (Å²) in [6.45, 7) is 1.39. The first-order valence-corrected chi connectivity index (χ1v) is 7.80. The highest BCUT2D eigenvalue weighted by molar-refractivity contribution is 5.93. The minimum absolute atomic E-state index is 0.409. The Balaban J connectivity index is 1.82. The molecule has 2 aromatic carbocycles. The van der Waals surface area contributed by atoms with Crippen molar-refractivity contribution >= 4 is 17.6 Å². The van der Waals surface area contributed by atoms with Gasteiger partial charge in [-0.3, -0.25) is 4.79 Å². The molecule has 0 aromatic heterocycles. The van der Waals surface area contributed by atoms with Crippen molar-refractivity contribution in [3.8, 4) is 11.8 Å². The molecular formula is C19H18N2O4. The van der Waals surface area contributed by atoms with Gasteiger partial charge in [0.2, 0.25) is 0 Å². The van der Waals surface area contributed by atoms with Crippen LogP contribution in [0.1, 0.15) is 18.9 Å². The van der Waals surface area contributed by atoms with Gasteiger partial charge in [-0.25, -0.2) is 4.79 Å². The number of esters is 1. The van der Waals surface area contributed by atoms with Crippen molar-refractivity contribution in [2.75, 3.05) is 11.9 Å².